The zero-order valence-corrected chi connectivity index (χ0v) is 22.3. The van der Waals surface area contributed by atoms with Crippen LogP contribution >= 0.6 is 23.2 Å². The van der Waals surface area contributed by atoms with Crippen LogP contribution in [0.3, 0.4) is 0 Å². The van der Waals surface area contributed by atoms with Gasteiger partial charge in [-0.25, -0.2) is 0 Å². The number of hydrogen-bond donors (Lipinski definition) is 2. The molecule has 0 fully saturated rings. The number of aromatic nitrogens is 1. The topological polar surface area (TPSA) is 17.1 Å². The molecule has 8 heteroatoms. The predicted octanol–water partition coefficient (Wildman–Crippen LogP) is -3.37. The Hall–Kier alpha value is -1.14. The van der Waals surface area contributed by atoms with Gasteiger partial charge in [-0.1, -0.05) is 35.3 Å². The lowest BCUT2D eigenvalue weighted by atomic mass is 10.1. The van der Waals surface area contributed by atoms with Gasteiger partial charge in [-0.3, -0.25) is 4.68 Å². The van der Waals surface area contributed by atoms with Gasteiger partial charge >= 0.3 is 0 Å². The van der Waals surface area contributed by atoms with Crippen molar-refractivity contribution < 1.29 is 34.6 Å². The first-order valence-corrected chi connectivity index (χ1v) is 11.5. The Balaban J connectivity index is 0.00000256. The minimum Gasteiger partial charge on any atom is -1.00 e. The third kappa shape index (κ3) is 7.72. The Labute approximate surface area is 214 Å². The summed E-state index contributed by atoms with van der Waals surface area (Å²) in [4.78, 5) is 2.97. The van der Waals surface area contributed by atoms with Crippen LogP contribution in [0, 0.1) is 0 Å². The molecular formula is C24H34Cl4N4. The lowest BCUT2D eigenvalue weighted by molar-refractivity contribution is -0.858. The Morgan fingerprint density at radius 2 is 1.31 bits per heavy atom. The third-order valence-corrected chi connectivity index (χ3v) is 5.88. The number of fused-ring (bicyclic) bond motifs is 1. The Bertz CT molecular complexity index is 941. The summed E-state index contributed by atoms with van der Waals surface area (Å²) in [5, 5.41) is 5.17. The maximum absolute atomic E-state index is 6.38. The molecule has 0 aliphatic heterocycles. The van der Waals surface area contributed by atoms with Crippen LogP contribution in [0.5, 0.6) is 0 Å². The molecule has 2 aromatic carbocycles. The molecule has 0 atom stereocenters. The quantitative estimate of drug-likeness (QED) is 0.286. The van der Waals surface area contributed by atoms with Gasteiger partial charge in [0.05, 0.1) is 46.8 Å². The average Bonchev–Trinajstić information content (AvgIpc) is 3.05. The number of nitrogens with zero attached hydrogens (tertiary/aromatic N) is 2. The van der Waals surface area contributed by atoms with E-state index < -0.39 is 0 Å². The number of rotatable bonds is 10. The molecule has 0 bridgehead atoms. The van der Waals surface area contributed by atoms with Crippen LogP contribution in [0.4, 0.5) is 0 Å². The van der Waals surface area contributed by atoms with Gasteiger partial charge in [0.1, 0.15) is 0 Å². The van der Waals surface area contributed by atoms with Gasteiger partial charge in [0, 0.05) is 53.1 Å². The second-order valence-electron chi connectivity index (χ2n) is 8.63. The molecule has 0 amide bonds. The van der Waals surface area contributed by atoms with Gasteiger partial charge in [-0.2, -0.15) is 0 Å². The number of halogens is 4. The molecule has 3 aromatic rings. The fraction of sp³-hybridized carbons (Fsp3) is 0.417. The first-order valence-electron chi connectivity index (χ1n) is 10.7. The van der Waals surface area contributed by atoms with Gasteiger partial charge in [-0.15, -0.1) is 0 Å². The van der Waals surface area contributed by atoms with Gasteiger partial charge in [-0.05, 0) is 35.9 Å². The van der Waals surface area contributed by atoms with Crippen LogP contribution in [-0.2, 0) is 0 Å². The molecule has 0 aliphatic rings. The van der Waals surface area contributed by atoms with Gasteiger partial charge in [0.15, 0.2) is 0 Å². The van der Waals surface area contributed by atoms with Crippen molar-refractivity contribution in [3.63, 3.8) is 0 Å². The molecule has 0 unspecified atom stereocenters. The maximum Gasteiger partial charge on any atom is 0.0784 e. The highest BCUT2D eigenvalue weighted by Crippen LogP contribution is 2.33. The first kappa shape index (κ1) is 28.9. The van der Waals surface area contributed by atoms with Crippen molar-refractivity contribution in [2.75, 3.05) is 59.4 Å². The molecule has 0 spiro atoms. The monoisotopic (exact) mass is 518 g/mol. The highest BCUT2D eigenvalue weighted by Gasteiger charge is 2.16. The van der Waals surface area contributed by atoms with E-state index in [4.69, 9.17) is 23.2 Å². The van der Waals surface area contributed by atoms with Crippen molar-refractivity contribution in [3.8, 4) is 11.1 Å². The molecule has 0 aliphatic carbocycles. The summed E-state index contributed by atoms with van der Waals surface area (Å²) in [5.41, 5.74) is 3.53. The third-order valence-electron chi connectivity index (χ3n) is 5.39. The summed E-state index contributed by atoms with van der Waals surface area (Å²) in [7, 11) is 8.85. The molecule has 1 aromatic heterocycles. The molecule has 32 heavy (non-hydrogen) atoms. The highest BCUT2D eigenvalue weighted by atomic mass is 35.5. The molecule has 0 radical (unpaired) electrons. The Morgan fingerprint density at radius 3 is 1.84 bits per heavy atom. The van der Waals surface area contributed by atoms with Crippen LogP contribution in [0.1, 0.15) is 12.8 Å². The largest absolute Gasteiger partial charge is 1.00 e. The predicted molar refractivity (Wildman–Crippen MR) is 130 cm³/mol. The fourth-order valence-electron chi connectivity index (χ4n) is 3.84. The van der Waals surface area contributed by atoms with Gasteiger partial charge < -0.3 is 39.6 Å². The minimum absolute atomic E-state index is 0. The molecule has 0 saturated carbocycles. The summed E-state index contributed by atoms with van der Waals surface area (Å²) >= 11 is 12.5. The van der Waals surface area contributed by atoms with Crippen LogP contribution in [0.25, 0.3) is 22.0 Å². The molecule has 178 valence electrons. The molecule has 0 saturated heterocycles. The first-order chi connectivity index (χ1) is 14.3. The summed E-state index contributed by atoms with van der Waals surface area (Å²) in [6, 6.07) is 14.2. The second-order valence-corrected chi connectivity index (χ2v) is 9.50. The van der Waals surface area contributed by atoms with Crippen molar-refractivity contribution in [3.05, 3.63) is 58.7 Å². The van der Waals surface area contributed by atoms with E-state index >= 15 is 0 Å². The van der Waals surface area contributed by atoms with E-state index in [1.807, 2.05) is 18.2 Å². The molecule has 2 N–H and O–H groups in total. The maximum atomic E-state index is 6.38. The van der Waals surface area contributed by atoms with Crippen molar-refractivity contribution in [1.82, 2.24) is 4.68 Å². The summed E-state index contributed by atoms with van der Waals surface area (Å²) < 4.78 is 2.34. The van der Waals surface area contributed by atoms with Crippen LogP contribution < -0.4 is 39.6 Å². The minimum atomic E-state index is 0. The van der Waals surface area contributed by atoms with E-state index in [1.54, 1.807) is 0 Å². The summed E-state index contributed by atoms with van der Waals surface area (Å²) in [6.07, 6.45) is 4.57. The zero-order chi connectivity index (χ0) is 21.7. The van der Waals surface area contributed by atoms with E-state index in [-0.39, 0.29) is 24.8 Å². The number of nitrogens with one attached hydrogen (secondary N) is 2. The smallest absolute Gasteiger partial charge is 0.0784 e. The fourth-order valence-corrected chi connectivity index (χ4v) is 4.13. The normalized spacial score (nSPS) is 11.0. The zero-order valence-electron chi connectivity index (χ0n) is 19.3. The van der Waals surface area contributed by atoms with Gasteiger partial charge in [0.2, 0.25) is 0 Å². The molecular weight excluding hydrogens is 486 g/mol. The number of hydrogen-bond acceptors (Lipinski definition) is 1. The Morgan fingerprint density at radius 1 is 0.781 bits per heavy atom. The van der Waals surface area contributed by atoms with Crippen LogP contribution in [0.2, 0.25) is 10.0 Å². The van der Waals surface area contributed by atoms with Gasteiger partial charge in [0.25, 0.3) is 0 Å². The Kier molecular flexibility index (Phi) is 12.2. The van der Waals surface area contributed by atoms with E-state index in [9.17, 15) is 0 Å². The van der Waals surface area contributed by atoms with Crippen molar-refractivity contribution in [1.29, 1.82) is 0 Å². The highest BCUT2D eigenvalue weighted by molar-refractivity contribution is 6.31. The van der Waals surface area contributed by atoms with Crippen molar-refractivity contribution in [2.45, 2.75) is 12.8 Å². The van der Waals surface area contributed by atoms with Crippen LogP contribution in [0.15, 0.2) is 48.7 Å². The average molecular weight is 520 g/mol. The van der Waals surface area contributed by atoms with E-state index in [0.717, 1.165) is 54.6 Å². The standard InChI is InChI=1S/C24H32Cl2N4.2ClH/c1-27(2)13-5-15-29(16-6-14-28(3)4)30-18-23(19-7-9-20(25)10-8-19)22-17-21(26)11-12-24(22)30;;/h7-12,17-18H,5-6,13-16H2,1-4H3;2*1H. The molecule has 1 heterocycles. The summed E-state index contributed by atoms with van der Waals surface area (Å²) in [5.74, 6) is 0. The van der Waals surface area contributed by atoms with E-state index in [0.29, 0.717) is 0 Å². The lowest BCUT2D eigenvalue weighted by Crippen LogP contribution is -3.05. The molecule has 4 nitrogen and oxygen atoms in total. The number of benzene rings is 2. The molecule has 3 rings (SSSR count). The number of quaternary nitrogens is 2. The SMILES string of the molecule is C[NH+](C)CCCN(CCC[NH+](C)C)n1cc(-c2ccc(Cl)cc2)c2cc(Cl)ccc21.[Cl-].[Cl-]. The van der Waals surface area contributed by atoms with Crippen molar-refractivity contribution >= 4 is 34.1 Å². The van der Waals surface area contributed by atoms with Crippen LogP contribution in [-0.4, -0.2) is 59.0 Å². The second kappa shape index (κ2) is 13.5. The van der Waals surface area contributed by atoms with E-state index in [2.05, 4.69) is 68.3 Å². The van der Waals surface area contributed by atoms with E-state index in [1.165, 1.54) is 26.3 Å². The summed E-state index contributed by atoms with van der Waals surface area (Å²) in [6.45, 7) is 4.37. The van der Waals surface area contributed by atoms with Crippen molar-refractivity contribution in [2.24, 2.45) is 0 Å². The lowest BCUT2D eigenvalue weighted by Gasteiger charge is -2.27.